The molecule has 2 heterocycles. The van der Waals surface area contributed by atoms with Gasteiger partial charge in [-0.3, -0.25) is 4.68 Å². The molecule has 0 spiro atoms. The summed E-state index contributed by atoms with van der Waals surface area (Å²) < 4.78 is 7.51. The van der Waals surface area contributed by atoms with Gasteiger partial charge in [0.05, 0.1) is 7.11 Å². The Hall–Kier alpha value is -1.85. The van der Waals surface area contributed by atoms with Crippen LogP contribution in [0.5, 0.6) is 5.75 Å². The van der Waals surface area contributed by atoms with Gasteiger partial charge in [-0.15, -0.1) is 0 Å². The van der Waals surface area contributed by atoms with Crippen molar-refractivity contribution in [1.82, 2.24) is 19.6 Å². The zero-order valence-electron chi connectivity index (χ0n) is 16.9. The lowest BCUT2D eigenvalue weighted by atomic mass is 9.97. The molecule has 1 atom stereocenters. The monoisotopic (exact) mass is 370 g/mol. The van der Waals surface area contributed by atoms with Gasteiger partial charge >= 0.3 is 0 Å². The van der Waals surface area contributed by atoms with Gasteiger partial charge in [-0.1, -0.05) is 18.2 Å². The van der Waals surface area contributed by atoms with Crippen LogP contribution >= 0.6 is 0 Å². The van der Waals surface area contributed by atoms with Gasteiger partial charge in [0.25, 0.3) is 0 Å². The van der Waals surface area contributed by atoms with Crippen molar-refractivity contribution in [1.29, 1.82) is 0 Å². The summed E-state index contributed by atoms with van der Waals surface area (Å²) in [6, 6.07) is 10.4. The second-order valence-corrected chi connectivity index (χ2v) is 7.76. The van der Waals surface area contributed by atoms with Crippen molar-refractivity contribution in [2.45, 2.75) is 32.2 Å². The van der Waals surface area contributed by atoms with Crippen molar-refractivity contribution < 1.29 is 4.74 Å². The molecule has 5 nitrogen and oxygen atoms in total. The van der Waals surface area contributed by atoms with Crippen LogP contribution in [0.4, 0.5) is 0 Å². The number of rotatable bonds is 10. The fourth-order valence-electron chi connectivity index (χ4n) is 4.16. The van der Waals surface area contributed by atoms with Gasteiger partial charge in [-0.25, -0.2) is 0 Å². The molecule has 0 bridgehead atoms. The minimum absolute atomic E-state index is 0.783. The molecule has 0 aliphatic carbocycles. The lowest BCUT2D eigenvalue weighted by molar-refractivity contribution is 0.143. The Morgan fingerprint density at radius 3 is 2.93 bits per heavy atom. The Balaban J connectivity index is 1.38. The molecule has 0 amide bonds. The maximum Gasteiger partial charge on any atom is 0.122 e. The van der Waals surface area contributed by atoms with Crippen LogP contribution in [0.15, 0.2) is 42.7 Å². The van der Waals surface area contributed by atoms with Crippen molar-refractivity contribution in [2.24, 2.45) is 5.92 Å². The number of para-hydroxylation sites is 1. The number of nitrogens with zero attached hydrogens (tertiary/aromatic N) is 4. The molecule has 1 saturated heterocycles. The Labute approximate surface area is 163 Å². The molecule has 0 N–H and O–H groups in total. The standard InChI is InChI=1S/C22H34N4O/c1-24(13-7-16-26-15-6-12-23-26)18-20-8-5-14-25(19-20)17-11-21-9-3-4-10-22(21)27-2/h3-4,6,9-10,12,15,20H,5,7-8,11,13-14,16-19H2,1-2H3/t20-/m1/s1. The van der Waals surface area contributed by atoms with E-state index in [-0.39, 0.29) is 0 Å². The number of likely N-dealkylation sites (tertiary alicyclic amines) is 1. The summed E-state index contributed by atoms with van der Waals surface area (Å²) in [7, 11) is 4.02. The summed E-state index contributed by atoms with van der Waals surface area (Å²) in [6.45, 7) is 6.92. The fourth-order valence-corrected chi connectivity index (χ4v) is 4.16. The third-order valence-electron chi connectivity index (χ3n) is 5.55. The lowest BCUT2D eigenvalue weighted by Crippen LogP contribution is -2.41. The molecular weight excluding hydrogens is 336 g/mol. The highest BCUT2D eigenvalue weighted by Crippen LogP contribution is 2.21. The van der Waals surface area contributed by atoms with Gasteiger partial charge in [0.2, 0.25) is 0 Å². The van der Waals surface area contributed by atoms with E-state index in [1.54, 1.807) is 7.11 Å². The number of aryl methyl sites for hydroxylation is 1. The molecule has 1 aliphatic rings. The van der Waals surface area contributed by atoms with Crippen molar-refractivity contribution in [2.75, 3.05) is 46.9 Å². The number of hydrogen-bond acceptors (Lipinski definition) is 4. The highest BCUT2D eigenvalue weighted by molar-refractivity contribution is 5.33. The SMILES string of the molecule is COc1ccccc1CCN1CCC[C@H](CN(C)CCCn2cccn2)C1. The van der Waals surface area contributed by atoms with E-state index in [4.69, 9.17) is 4.74 Å². The number of hydrogen-bond donors (Lipinski definition) is 0. The summed E-state index contributed by atoms with van der Waals surface area (Å²) in [5.74, 6) is 1.80. The fraction of sp³-hybridized carbons (Fsp3) is 0.591. The first-order valence-corrected chi connectivity index (χ1v) is 10.2. The van der Waals surface area contributed by atoms with Crippen LogP contribution in [0.25, 0.3) is 0 Å². The Morgan fingerprint density at radius 1 is 1.22 bits per heavy atom. The first-order chi connectivity index (χ1) is 13.2. The number of benzene rings is 1. The molecule has 1 aromatic carbocycles. The molecule has 2 aromatic rings. The number of methoxy groups -OCH3 is 1. The summed E-state index contributed by atoms with van der Waals surface area (Å²) in [5.41, 5.74) is 1.32. The summed E-state index contributed by atoms with van der Waals surface area (Å²) in [6.07, 6.45) is 8.79. The zero-order valence-corrected chi connectivity index (χ0v) is 16.9. The number of ether oxygens (including phenoxy) is 1. The van der Waals surface area contributed by atoms with Gasteiger partial charge in [0.1, 0.15) is 5.75 Å². The average Bonchev–Trinajstić information content (AvgIpc) is 3.20. The topological polar surface area (TPSA) is 33.5 Å². The van der Waals surface area contributed by atoms with Crippen LogP contribution in [0.3, 0.4) is 0 Å². The van der Waals surface area contributed by atoms with Crippen LogP contribution in [0.1, 0.15) is 24.8 Å². The van der Waals surface area contributed by atoms with E-state index in [0.29, 0.717) is 0 Å². The predicted molar refractivity (Wildman–Crippen MR) is 110 cm³/mol. The van der Waals surface area contributed by atoms with Crippen LogP contribution < -0.4 is 4.74 Å². The largest absolute Gasteiger partial charge is 0.496 e. The minimum Gasteiger partial charge on any atom is -0.496 e. The molecule has 1 aliphatic heterocycles. The van der Waals surface area contributed by atoms with E-state index < -0.39 is 0 Å². The molecule has 5 heteroatoms. The quantitative estimate of drug-likeness (QED) is 0.643. The first kappa shape index (κ1) is 19.9. The summed E-state index contributed by atoms with van der Waals surface area (Å²) in [5, 5.41) is 4.28. The number of aromatic nitrogens is 2. The highest BCUT2D eigenvalue weighted by Gasteiger charge is 2.21. The van der Waals surface area contributed by atoms with Gasteiger partial charge in [0, 0.05) is 38.6 Å². The molecule has 0 radical (unpaired) electrons. The van der Waals surface area contributed by atoms with Crippen LogP contribution in [0, 0.1) is 5.92 Å². The third-order valence-corrected chi connectivity index (χ3v) is 5.55. The highest BCUT2D eigenvalue weighted by atomic mass is 16.5. The van der Waals surface area contributed by atoms with E-state index in [2.05, 4.69) is 40.1 Å². The smallest absolute Gasteiger partial charge is 0.122 e. The normalized spacial score (nSPS) is 18.1. The second kappa shape index (κ2) is 10.5. The minimum atomic E-state index is 0.783. The van der Waals surface area contributed by atoms with Crippen molar-refractivity contribution in [3.05, 3.63) is 48.3 Å². The molecule has 0 saturated carbocycles. The summed E-state index contributed by atoms with van der Waals surface area (Å²) >= 11 is 0. The van der Waals surface area contributed by atoms with E-state index in [9.17, 15) is 0 Å². The van der Waals surface area contributed by atoms with Gasteiger partial charge in [-0.2, -0.15) is 5.10 Å². The van der Waals surface area contributed by atoms with E-state index in [1.807, 2.05) is 29.2 Å². The van der Waals surface area contributed by atoms with Crippen LogP contribution in [-0.4, -0.2) is 66.5 Å². The Morgan fingerprint density at radius 2 is 2.11 bits per heavy atom. The lowest BCUT2D eigenvalue weighted by Gasteiger charge is -2.35. The van der Waals surface area contributed by atoms with Gasteiger partial charge < -0.3 is 14.5 Å². The van der Waals surface area contributed by atoms with E-state index >= 15 is 0 Å². The van der Waals surface area contributed by atoms with Crippen molar-refractivity contribution in [3.63, 3.8) is 0 Å². The number of piperidine rings is 1. The molecule has 3 rings (SSSR count). The Kier molecular flexibility index (Phi) is 7.72. The molecule has 1 aromatic heterocycles. The van der Waals surface area contributed by atoms with E-state index in [0.717, 1.165) is 44.1 Å². The Bertz CT molecular complexity index is 658. The summed E-state index contributed by atoms with van der Waals surface area (Å²) in [4.78, 5) is 5.13. The van der Waals surface area contributed by atoms with Crippen molar-refractivity contribution >= 4 is 0 Å². The molecule has 0 unspecified atom stereocenters. The molecule has 27 heavy (non-hydrogen) atoms. The molecular formula is C22H34N4O. The maximum absolute atomic E-state index is 5.49. The maximum atomic E-state index is 5.49. The van der Waals surface area contributed by atoms with Crippen LogP contribution in [-0.2, 0) is 13.0 Å². The van der Waals surface area contributed by atoms with E-state index in [1.165, 1.54) is 38.0 Å². The van der Waals surface area contributed by atoms with Gasteiger partial charge in [-0.05, 0) is 69.4 Å². The second-order valence-electron chi connectivity index (χ2n) is 7.76. The predicted octanol–water partition coefficient (Wildman–Crippen LogP) is 3.17. The molecule has 1 fully saturated rings. The van der Waals surface area contributed by atoms with Crippen LogP contribution in [0.2, 0.25) is 0 Å². The van der Waals surface area contributed by atoms with Crippen molar-refractivity contribution in [3.8, 4) is 5.75 Å². The third kappa shape index (κ3) is 6.36. The molecule has 148 valence electrons. The first-order valence-electron chi connectivity index (χ1n) is 10.2. The van der Waals surface area contributed by atoms with Gasteiger partial charge in [0.15, 0.2) is 0 Å². The zero-order chi connectivity index (χ0) is 18.9. The average molecular weight is 371 g/mol.